The number of hydrogen-bond acceptors (Lipinski definition) is 6. The molecule has 154 valence electrons. The zero-order valence-electron chi connectivity index (χ0n) is 16.9. The molecule has 0 spiro atoms. The maximum atomic E-state index is 14.8. The Hall–Kier alpha value is -3.87. The second-order valence-electron chi connectivity index (χ2n) is 7.36. The lowest BCUT2D eigenvalue weighted by Crippen LogP contribution is -2.47. The molecule has 2 aromatic carbocycles. The van der Waals surface area contributed by atoms with E-state index in [4.69, 9.17) is 4.98 Å². The molecule has 0 aliphatic carbocycles. The van der Waals surface area contributed by atoms with E-state index in [0.29, 0.717) is 16.8 Å². The maximum Gasteiger partial charge on any atom is 0.147 e. The summed E-state index contributed by atoms with van der Waals surface area (Å²) in [7, 11) is 0. The molecule has 1 fully saturated rings. The van der Waals surface area contributed by atoms with Crippen molar-refractivity contribution >= 4 is 11.6 Å². The van der Waals surface area contributed by atoms with Crippen molar-refractivity contribution in [3.8, 4) is 22.4 Å². The number of nitrogens with zero attached hydrogens (tertiary/aromatic N) is 6. The first-order valence-electron chi connectivity index (χ1n) is 10.2. The predicted octanol–water partition coefficient (Wildman–Crippen LogP) is 4.07. The van der Waals surface area contributed by atoms with Gasteiger partial charge < -0.3 is 9.80 Å². The smallest absolute Gasteiger partial charge is 0.147 e. The summed E-state index contributed by atoms with van der Waals surface area (Å²) in [6, 6.07) is 14.8. The number of halogens is 1. The van der Waals surface area contributed by atoms with Crippen LogP contribution in [-0.2, 0) is 0 Å². The van der Waals surface area contributed by atoms with E-state index >= 15 is 0 Å². The quantitative estimate of drug-likeness (QED) is 0.504. The van der Waals surface area contributed by atoms with Crippen molar-refractivity contribution in [3.63, 3.8) is 0 Å². The molecule has 2 aromatic heterocycles. The first-order valence-corrected chi connectivity index (χ1v) is 10.2. The summed E-state index contributed by atoms with van der Waals surface area (Å²) in [5.41, 5.74) is 2.80. The molecule has 0 amide bonds. The van der Waals surface area contributed by atoms with Crippen LogP contribution < -0.4 is 9.80 Å². The van der Waals surface area contributed by atoms with Crippen LogP contribution in [-0.4, -0.2) is 46.1 Å². The molecule has 7 heteroatoms. The normalized spacial score (nSPS) is 14.0. The number of hydrogen-bond donors (Lipinski definition) is 0. The van der Waals surface area contributed by atoms with Crippen molar-refractivity contribution in [2.24, 2.45) is 0 Å². The van der Waals surface area contributed by atoms with Crippen molar-refractivity contribution in [2.75, 3.05) is 36.0 Å². The molecule has 31 heavy (non-hydrogen) atoms. The maximum absolute atomic E-state index is 14.8. The van der Waals surface area contributed by atoms with Crippen LogP contribution in [0.1, 0.15) is 0 Å². The SMILES string of the molecule is Fc1cc(-c2cncc(N3CCN(c4cnccn4)CC3)n2)ccc1-c1ccccc1. The number of piperazine rings is 1. The van der Waals surface area contributed by atoms with E-state index in [0.717, 1.165) is 43.4 Å². The Labute approximate surface area is 180 Å². The summed E-state index contributed by atoms with van der Waals surface area (Å²) in [4.78, 5) is 22.0. The van der Waals surface area contributed by atoms with Gasteiger partial charge in [-0.1, -0.05) is 42.5 Å². The van der Waals surface area contributed by atoms with Gasteiger partial charge in [0.1, 0.15) is 17.5 Å². The second-order valence-corrected chi connectivity index (χ2v) is 7.36. The summed E-state index contributed by atoms with van der Waals surface area (Å²) in [5, 5.41) is 0. The molecule has 0 saturated carbocycles. The zero-order valence-corrected chi connectivity index (χ0v) is 16.9. The lowest BCUT2D eigenvalue weighted by atomic mass is 10.0. The largest absolute Gasteiger partial charge is 0.352 e. The topological polar surface area (TPSA) is 58.0 Å². The predicted molar refractivity (Wildman–Crippen MR) is 119 cm³/mol. The number of benzene rings is 2. The fourth-order valence-corrected chi connectivity index (χ4v) is 3.79. The van der Waals surface area contributed by atoms with Gasteiger partial charge in [-0.25, -0.2) is 14.4 Å². The minimum Gasteiger partial charge on any atom is -0.352 e. The van der Waals surface area contributed by atoms with Gasteiger partial charge in [-0.05, 0) is 11.6 Å². The molecule has 0 unspecified atom stereocenters. The second kappa shape index (κ2) is 8.47. The summed E-state index contributed by atoms with van der Waals surface area (Å²) in [6.45, 7) is 3.25. The monoisotopic (exact) mass is 412 g/mol. The third-order valence-electron chi connectivity index (χ3n) is 5.45. The van der Waals surface area contributed by atoms with Crippen molar-refractivity contribution in [3.05, 3.63) is 85.3 Å². The van der Waals surface area contributed by atoms with E-state index in [1.807, 2.05) is 36.4 Å². The van der Waals surface area contributed by atoms with Gasteiger partial charge in [-0.2, -0.15) is 0 Å². The van der Waals surface area contributed by atoms with E-state index in [9.17, 15) is 4.39 Å². The Kier molecular flexibility index (Phi) is 5.22. The molecule has 1 saturated heterocycles. The Bertz CT molecular complexity index is 1160. The van der Waals surface area contributed by atoms with Gasteiger partial charge in [0.2, 0.25) is 0 Å². The van der Waals surface area contributed by atoms with Gasteiger partial charge >= 0.3 is 0 Å². The first-order chi connectivity index (χ1) is 15.3. The molecule has 0 atom stereocenters. The molecule has 5 rings (SSSR count). The number of aromatic nitrogens is 4. The minimum atomic E-state index is -0.270. The number of anilines is 2. The molecule has 0 radical (unpaired) electrons. The molecule has 0 bridgehead atoms. The highest BCUT2D eigenvalue weighted by Gasteiger charge is 2.20. The van der Waals surface area contributed by atoms with E-state index in [1.54, 1.807) is 37.1 Å². The van der Waals surface area contributed by atoms with Crippen molar-refractivity contribution in [1.82, 2.24) is 19.9 Å². The Morgan fingerprint density at radius 2 is 1.45 bits per heavy atom. The molecule has 1 aliphatic rings. The summed E-state index contributed by atoms with van der Waals surface area (Å²) < 4.78 is 14.8. The van der Waals surface area contributed by atoms with Crippen LogP contribution in [0, 0.1) is 5.82 Å². The lowest BCUT2D eigenvalue weighted by Gasteiger charge is -2.35. The van der Waals surface area contributed by atoms with Gasteiger partial charge in [0, 0.05) is 49.7 Å². The van der Waals surface area contributed by atoms with Crippen molar-refractivity contribution in [2.45, 2.75) is 0 Å². The highest BCUT2D eigenvalue weighted by Crippen LogP contribution is 2.28. The average Bonchev–Trinajstić information content (AvgIpc) is 2.85. The Morgan fingerprint density at radius 1 is 0.710 bits per heavy atom. The Balaban J connectivity index is 1.33. The van der Waals surface area contributed by atoms with E-state index < -0.39 is 0 Å². The lowest BCUT2D eigenvalue weighted by molar-refractivity contribution is 0.631. The van der Waals surface area contributed by atoms with Crippen molar-refractivity contribution in [1.29, 1.82) is 0 Å². The first kappa shape index (κ1) is 19.1. The third-order valence-corrected chi connectivity index (χ3v) is 5.45. The highest BCUT2D eigenvalue weighted by atomic mass is 19.1. The van der Waals surface area contributed by atoms with Crippen LogP contribution >= 0.6 is 0 Å². The van der Waals surface area contributed by atoms with Gasteiger partial charge in [0.25, 0.3) is 0 Å². The van der Waals surface area contributed by atoms with Crippen LogP contribution in [0.2, 0.25) is 0 Å². The van der Waals surface area contributed by atoms with Crippen LogP contribution in [0.5, 0.6) is 0 Å². The zero-order chi connectivity index (χ0) is 21.0. The number of rotatable bonds is 4. The van der Waals surface area contributed by atoms with Crippen LogP contribution in [0.3, 0.4) is 0 Å². The van der Waals surface area contributed by atoms with Crippen LogP contribution in [0.4, 0.5) is 16.0 Å². The molecule has 1 aliphatic heterocycles. The molecule has 4 aromatic rings. The standard InChI is InChI=1S/C24H21FN6/c25-21-14-19(6-7-20(21)18-4-2-1-3-5-18)22-15-27-17-24(29-22)31-12-10-30(11-13-31)23-16-26-8-9-28-23/h1-9,14-17H,10-13H2. The summed E-state index contributed by atoms with van der Waals surface area (Å²) in [6.07, 6.45) is 8.60. The van der Waals surface area contributed by atoms with E-state index in [-0.39, 0.29) is 5.82 Å². The molecule has 0 N–H and O–H groups in total. The van der Waals surface area contributed by atoms with Crippen molar-refractivity contribution < 1.29 is 4.39 Å². The minimum absolute atomic E-state index is 0.270. The third kappa shape index (κ3) is 4.07. The Morgan fingerprint density at radius 3 is 2.16 bits per heavy atom. The van der Waals surface area contributed by atoms with Crippen LogP contribution in [0.15, 0.2) is 79.5 Å². The fourth-order valence-electron chi connectivity index (χ4n) is 3.79. The molecule has 6 nitrogen and oxygen atoms in total. The van der Waals surface area contributed by atoms with Gasteiger partial charge in [0.05, 0.1) is 24.3 Å². The molecular formula is C24H21FN6. The fraction of sp³-hybridized carbons (Fsp3) is 0.167. The highest BCUT2D eigenvalue weighted by molar-refractivity contribution is 5.69. The van der Waals surface area contributed by atoms with E-state index in [1.165, 1.54) is 6.07 Å². The molecule has 3 heterocycles. The van der Waals surface area contributed by atoms with Gasteiger partial charge in [-0.3, -0.25) is 9.97 Å². The summed E-state index contributed by atoms with van der Waals surface area (Å²) in [5.74, 6) is 1.41. The van der Waals surface area contributed by atoms with Gasteiger partial charge in [-0.15, -0.1) is 0 Å². The average molecular weight is 412 g/mol. The molecular weight excluding hydrogens is 391 g/mol. The van der Waals surface area contributed by atoms with Crippen LogP contribution in [0.25, 0.3) is 22.4 Å². The summed E-state index contributed by atoms with van der Waals surface area (Å²) >= 11 is 0. The van der Waals surface area contributed by atoms with E-state index in [2.05, 4.69) is 24.8 Å². The van der Waals surface area contributed by atoms with Gasteiger partial charge in [0.15, 0.2) is 0 Å².